The highest BCUT2D eigenvalue weighted by Crippen LogP contribution is 2.22. The van der Waals surface area contributed by atoms with Gasteiger partial charge in [-0.15, -0.1) is 5.10 Å². The minimum Gasteiger partial charge on any atom is -0.336 e. The number of carbonyl (C=O) groups excluding carboxylic acids is 2. The monoisotopic (exact) mass is 334 g/mol. The summed E-state index contributed by atoms with van der Waals surface area (Å²) in [5, 5.41) is 11.7. The Bertz CT molecular complexity index is 673. The lowest BCUT2D eigenvalue weighted by molar-refractivity contribution is -0.119. The first-order valence-corrected chi connectivity index (χ1v) is 7.94. The van der Waals surface area contributed by atoms with Crippen molar-refractivity contribution in [3.05, 3.63) is 24.5 Å². The number of hydrogen-bond donors (Lipinski definition) is 3. The molecule has 0 spiro atoms. The number of urea groups is 1. The van der Waals surface area contributed by atoms with Crippen LogP contribution in [0.25, 0.3) is 11.4 Å². The summed E-state index contributed by atoms with van der Waals surface area (Å²) < 4.78 is 0. The van der Waals surface area contributed by atoms with Gasteiger partial charge >= 0.3 is 6.03 Å². The van der Waals surface area contributed by atoms with Crippen LogP contribution in [-0.2, 0) is 4.79 Å². The number of aromatic amines is 1. The smallest absolute Gasteiger partial charge is 0.321 e. The molecule has 0 radical (unpaired) electrons. The molecule has 2 aromatic rings. The van der Waals surface area contributed by atoms with Gasteiger partial charge in [0.25, 0.3) is 0 Å². The predicted octanol–water partition coefficient (Wildman–Crippen LogP) is 1.58. The lowest BCUT2D eigenvalue weighted by Gasteiger charge is -2.11. The standard InChI is InChI=1S/C14H18N6O2S/c1-8(2)16-13(22)18-12(21)9(3)23-14-17-11(19-20-14)10-4-6-15-7-5-10/h4-9H,1-3H3,(H,17,19,20)(H2,16,18,21,22)/t9-/m0/s1. The summed E-state index contributed by atoms with van der Waals surface area (Å²) in [4.78, 5) is 31.7. The van der Waals surface area contributed by atoms with Crippen LogP contribution in [0.5, 0.6) is 0 Å². The number of imide groups is 1. The Labute approximate surface area is 137 Å². The molecule has 0 bridgehead atoms. The Morgan fingerprint density at radius 1 is 1.22 bits per heavy atom. The largest absolute Gasteiger partial charge is 0.336 e. The predicted molar refractivity (Wildman–Crippen MR) is 86.7 cm³/mol. The quantitative estimate of drug-likeness (QED) is 0.716. The minimum atomic E-state index is -0.509. The molecule has 3 amide bonds. The van der Waals surface area contributed by atoms with E-state index < -0.39 is 17.2 Å². The molecule has 0 aliphatic heterocycles. The van der Waals surface area contributed by atoms with Crippen LogP contribution >= 0.6 is 11.8 Å². The summed E-state index contributed by atoms with van der Waals surface area (Å²) >= 11 is 1.17. The Kier molecular flexibility index (Phi) is 5.69. The average molecular weight is 334 g/mol. The van der Waals surface area contributed by atoms with E-state index in [1.54, 1.807) is 31.5 Å². The van der Waals surface area contributed by atoms with Crippen molar-refractivity contribution in [1.82, 2.24) is 30.8 Å². The molecule has 122 valence electrons. The van der Waals surface area contributed by atoms with Crippen molar-refractivity contribution in [2.24, 2.45) is 0 Å². The average Bonchev–Trinajstić information content (AvgIpc) is 2.95. The van der Waals surface area contributed by atoms with Crippen LogP contribution in [-0.4, -0.2) is 43.4 Å². The molecular formula is C14H18N6O2S. The highest BCUT2D eigenvalue weighted by molar-refractivity contribution is 8.00. The molecule has 0 unspecified atom stereocenters. The van der Waals surface area contributed by atoms with E-state index in [0.717, 1.165) is 5.56 Å². The molecule has 0 aliphatic rings. The van der Waals surface area contributed by atoms with Crippen molar-refractivity contribution >= 4 is 23.7 Å². The maximum absolute atomic E-state index is 11.9. The lowest BCUT2D eigenvalue weighted by atomic mass is 10.3. The van der Waals surface area contributed by atoms with Gasteiger partial charge < -0.3 is 5.32 Å². The highest BCUT2D eigenvalue weighted by Gasteiger charge is 2.19. The van der Waals surface area contributed by atoms with E-state index in [4.69, 9.17) is 0 Å². The molecule has 2 rings (SSSR count). The number of H-pyrrole nitrogens is 1. The van der Waals surface area contributed by atoms with E-state index in [9.17, 15) is 9.59 Å². The van der Waals surface area contributed by atoms with E-state index in [1.165, 1.54) is 11.8 Å². The molecule has 0 fully saturated rings. The van der Waals surface area contributed by atoms with Gasteiger partial charge in [0.15, 0.2) is 5.82 Å². The maximum atomic E-state index is 11.9. The summed E-state index contributed by atoms with van der Waals surface area (Å²) in [5.41, 5.74) is 0.854. The first-order chi connectivity index (χ1) is 11.0. The number of carbonyl (C=O) groups is 2. The molecule has 2 aromatic heterocycles. The Morgan fingerprint density at radius 2 is 1.91 bits per heavy atom. The van der Waals surface area contributed by atoms with Crippen molar-refractivity contribution in [3.63, 3.8) is 0 Å². The molecule has 3 N–H and O–H groups in total. The van der Waals surface area contributed by atoms with Gasteiger partial charge in [0.2, 0.25) is 11.1 Å². The highest BCUT2D eigenvalue weighted by atomic mass is 32.2. The fourth-order valence-corrected chi connectivity index (χ4v) is 2.39. The Morgan fingerprint density at radius 3 is 2.57 bits per heavy atom. The first kappa shape index (κ1) is 16.9. The van der Waals surface area contributed by atoms with Crippen LogP contribution in [0, 0.1) is 0 Å². The molecule has 2 heterocycles. The number of amides is 3. The number of pyridine rings is 1. The number of aromatic nitrogens is 4. The van der Waals surface area contributed by atoms with Gasteiger partial charge in [-0.1, -0.05) is 11.8 Å². The third kappa shape index (κ3) is 5.06. The van der Waals surface area contributed by atoms with Gasteiger partial charge in [0.1, 0.15) is 0 Å². The van der Waals surface area contributed by atoms with Crippen LogP contribution in [0.1, 0.15) is 20.8 Å². The fourth-order valence-electron chi connectivity index (χ4n) is 1.66. The van der Waals surface area contributed by atoms with Crippen LogP contribution in [0.3, 0.4) is 0 Å². The molecule has 0 saturated heterocycles. The van der Waals surface area contributed by atoms with Crippen LogP contribution < -0.4 is 10.6 Å². The number of thioether (sulfide) groups is 1. The van der Waals surface area contributed by atoms with Crippen molar-refractivity contribution < 1.29 is 9.59 Å². The molecule has 0 aliphatic carbocycles. The van der Waals surface area contributed by atoms with E-state index >= 15 is 0 Å². The zero-order valence-corrected chi connectivity index (χ0v) is 13.8. The van der Waals surface area contributed by atoms with E-state index in [1.807, 2.05) is 13.8 Å². The maximum Gasteiger partial charge on any atom is 0.321 e. The third-order valence-corrected chi connectivity index (χ3v) is 3.69. The van der Waals surface area contributed by atoms with Crippen molar-refractivity contribution in [3.8, 4) is 11.4 Å². The second-order valence-electron chi connectivity index (χ2n) is 5.08. The van der Waals surface area contributed by atoms with Crippen molar-refractivity contribution in [2.75, 3.05) is 0 Å². The lowest BCUT2D eigenvalue weighted by Crippen LogP contribution is -2.45. The molecule has 8 nitrogen and oxygen atoms in total. The SMILES string of the molecule is CC(C)NC(=O)NC(=O)[C@H](C)Sc1n[nH]c(-c2ccncc2)n1. The van der Waals surface area contributed by atoms with Gasteiger partial charge in [0.05, 0.1) is 5.25 Å². The molecule has 23 heavy (non-hydrogen) atoms. The summed E-state index contributed by atoms with van der Waals surface area (Å²) in [7, 11) is 0. The zero-order chi connectivity index (χ0) is 16.8. The molecule has 1 atom stereocenters. The van der Waals surface area contributed by atoms with Gasteiger partial charge in [0, 0.05) is 24.0 Å². The van der Waals surface area contributed by atoms with Gasteiger partial charge in [-0.3, -0.25) is 20.2 Å². The topological polar surface area (TPSA) is 113 Å². The molecule has 9 heteroatoms. The van der Waals surface area contributed by atoms with Crippen LogP contribution in [0.4, 0.5) is 4.79 Å². The summed E-state index contributed by atoms with van der Waals surface area (Å²) in [5.74, 6) is 0.198. The number of nitrogens with one attached hydrogen (secondary N) is 3. The fraction of sp³-hybridized carbons (Fsp3) is 0.357. The molecule has 0 aromatic carbocycles. The normalized spacial score (nSPS) is 12.0. The van der Waals surface area contributed by atoms with Gasteiger partial charge in [-0.2, -0.15) is 0 Å². The van der Waals surface area contributed by atoms with E-state index in [-0.39, 0.29) is 6.04 Å². The second kappa shape index (κ2) is 7.73. The van der Waals surface area contributed by atoms with E-state index in [0.29, 0.717) is 11.0 Å². The summed E-state index contributed by atoms with van der Waals surface area (Å²) in [6.45, 7) is 5.32. The first-order valence-electron chi connectivity index (χ1n) is 7.06. The molecule has 0 saturated carbocycles. The van der Waals surface area contributed by atoms with Crippen LogP contribution in [0.2, 0.25) is 0 Å². The Balaban J connectivity index is 1.93. The number of nitrogens with zero attached hydrogens (tertiary/aromatic N) is 3. The zero-order valence-electron chi connectivity index (χ0n) is 13.0. The Hall–Kier alpha value is -2.42. The van der Waals surface area contributed by atoms with Crippen molar-refractivity contribution in [2.45, 2.75) is 37.2 Å². The van der Waals surface area contributed by atoms with Crippen molar-refractivity contribution in [1.29, 1.82) is 0 Å². The van der Waals surface area contributed by atoms with Crippen LogP contribution in [0.15, 0.2) is 29.7 Å². The number of rotatable bonds is 5. The minimum absolute atomic E-state index is 0.0401. The summed E-state index contributed by atoms with van der Waals surface area (Å²) in [6, 6.07) is 3.06. The van der Waals surface area contributed by atoms with Gasteiger partial charge in [-0.25, -0.2) is 9.78 Å². The molecular weight excluding hydrogens is 316 g/mol. The number of hydrogen-bond acceptors (Lipinski definition) is 6. The van der Waals surface area contributed by atoms with Gasteiger partial charge in [-0.05, 0) is 32.9 Å². The second-order valence-corrected chi connectivity index (χ2v) is 6.39. The summed E-state index contributed by atoms with van der Waals surface area (Å²) in [6.07, 6.45) is 3.32. The third-order valence-electron chi connectivity index (χ3n) is 2.73. The van der Waals surface area contributed by atoms with E-state index in [2.05, 4.69) is 30.8 Å².